The zero-order chi connectivity index (χ0) is 13.2. The van der Waals surface area contributed by atoms with Crippen LogP contribution in [0.5, 0.6) is 0 Å². The van der Waals surface area contributed by atoms with Crippen LogP contribution in [0.25, 0.3) is 0 Å². The van der Waals surface area contributed by atoms with Gasteiger partial charge in [-0.3, -0.25) is 0 Å². The number of hydrogen-bond donors (Lipinski definition) is 1. The van der Waals surface area contributed by atoms with Crippen LogP contribution in [-0.4, -0.2) is 29.1 Å². The Balaban J connectivity index is 1.53. The highest BCUT2D eigenvalue weighted by molar-refractivity contribution is 5.27. The molecule has 19 heavy (non-hydrogen) atoms. The van der Waals surface area contributed by atoms with Crippen LogP contribution in [0.1, 0.15) is 49.3 Å². The number of nitrogens with zero attached hydrogens (tertiary/aromatic N) is 1. The van der Waals surface area contributed by atoms with Crippen molar-refractivity contribution in [1.29, 1.82) is 0 Å². The predicted molar refractivity (Wildman–Crippen MR) is 78.1 cm³/mol. The van der Waals surface area contributed by atoms with Crippen molar-refractivity contribution >= 4 is 0 Å². The summed E-state index contributed by atoms with van der Waals surface area (Å²) in [4.78, 5) is 2.62. The Hall–Kier alpha value is -0.860. The van der Waals surface area contributed by atoms with Gasteiger partial charge in [0.2, 0.25) is 0 Å². The van der Waals surface area contributed by atoms with Crippen LogP contribution < -0.4 is 0 Å². The van der Waals surface area contributed by atoms with Crippen molar-refractivity contribution in [2.75, 3.05) is 13.1 Å². The second kappa shape index (κ2) is 5.64. The molecule has 2 nitrogen and oxygen atoms in total. The van der Waals surface area contributed by atoms with Gasteiger partial charge in [0.25, 0.3) is 0 Å². The summed E-state index contributed by atoms with van der Waals surface area (Å²) >= 11 is 0. The van der Waals surface area contributed by atoms with Gasteiger partial charge in [0.15, 0.2) is 0 Å². The lowest BCUT2D eigenvalue weighted by Gasteiger charge is -2.23. The minimum atomic E-state index is -0.304. The van der Waals surface area contributed by atoms with Crippen molar-refractivity contribution in [2.45, 2.75) is 51.2 Å². The molecule has 1 unspecified atom stereocenters. The van der Waals surface area contributed by atoms with E-state index in [0.29, 0.717) is 0 Å². The van der Waals surface area contributed by atoms with E-state index < -0.39 is 0 Å². The SMILES string of the molecule is Cc1ccccc1C(O)CCN(CC1CC1)C1CC1. The van der Waals surface area contributed by atoms with Gasteiger partial charge in [-0.1, -0.05) is 24.3 Å². The molecule has 3 rings (SSSR count). The first-order valence-corrected chi connectivity index (χ1v) is 7.71. The summed E-state index contributed by atoms with van der Waals surface area (Å²) in [7, 11) is 0. The van der Waals surface area contributed by atoms with Crippen LogP contribution in [0.4, 0.5) is 0 Å². The first-order valence-electron chi connectivity index (χ1n) is 7.71. The van der Waals surface area contributed by atoms with E-state index >= 15 is 0 Å². The molecule has 1 atom stereocenters. The van der Waals surface area contributed by atoms with E-state index in [1.165, 1.54) is 37.8 Å². The third kappa shape index (κ3) is 3.58. The fourth-order valence-corrected chi connectivity index (χ4v) is 2.90. The second-order valence-corrected chi connectivity index (χ2v) is 6.33. The third-order valence-electron chi connectivity index (χ3n) is 4.49. The number of benzene rings is 1. The lowest BCUT2D eigenvalue weighted by molar-refractivity contribution is 0.137. The Bertz CT molecular complexity index is 423. The van der Waals surface area contributed by atoms with E-state index in [1.807, 2.05) is 12.1 Å². The van der Waals surface area contributed by atoms with Gasteiger partial charge in [0.05, 0.1) is 6.10 Å². The molecule has 0 aliphatic heterocycles. The van der Waals surface area contributed by atoms with Crippen molar-refractivity contribution in [2.24, 2.45) is 5.92 Å². The maximum atomic E-state index is 10.4. The van der Waals surface area contributed by atoms with E-state index in [-0.39, 0.29) is 6.10 Å². The van der Waals surface area contributed by atoms with E-state index in [4.69, 9.17) is 0 Å². The summed E-state index contributed by atoms with van der Waals surface area (Å²) < 4.78 is 0. The monoisotopic (exact) mass is 259 g/mol. The molecule has 2 fully saturated rings. The molecule has 2 aliphatic carbocycles. The van der Waals surface area contributed by atoms with Crippen LogP contribution in [0.15, 0.2) is 24.3 Å². The second-order valence-electron chi connectivity index (χ2n) is 6.33. The molecular formula is C17H25NO. The van der Waals surface area contributed by atoms with Gasteiger partial charge >= 0.3 is 0 Å². The van der Waals surface area contributed by atoms with Crippen LogP contribution in [0, 0.1) is 12.8 Å². The summed E-state index contributed by atoms with van der Waals surface area (Å²) in [6.45, 7) is 4.41. The number of aryl methyl sites for hydroxylation is 1. The van der Waals surface area contributed by atoms with E-state index in [9.17, 15) is 5.11 Å². The molecule has 0 saturated heterocycles. The van der Waals surface area contributed by atoms with Crippen LogP contribution in [-0.2, 0) is 0 Å². The van der Waals surface area contributed by atoms with Crippen molar-refractivity contribution in [1.82, 2.24) is 4.90 Å². The Morgan fingerprint density at radius 2 is 1.95 bits per heavy atom. The van der Waals surface area contributed by atoms with Gasteiger partial charge in [0.1, 0.15) is 0 Å². The third-order valence-corrected chi connectivity index (χ3v) is 4.49. The Morgan fingerprint density at radius 3 is 2.58 bits per heavy atom. The van der Waals surface area contributed by atoms with E-state index in [2.05, 4.69) is 24.0 Å². The summed E-state index contributed by atoms with van der Waals surface area (Å²) in [5.74, 6) is 0.955. The minimum absolute atomic E-state index is 0.304. The number of aliphatic hydroxyl groups is 1. The summed E-state index contributed by atoms with van der Waals surface area (Å²) in [6.07, 6.45) is 6.14. The number of aliphatic hydroxyl groups excluding tert-OH is 1. The van der Waals surface area contributed by atoms with Gasteiger partial charge in [-0.15, -0.1) is 0 Å². The quantitative estimate of drug-likeness (QED) is 0.812. The van der Waals surface area contributed by atoms with E-state index in [1.54, 1.807) is 0 Å². The molecule has 0 bridgehead atoms. The summed E-state index contributed by atoms with van der Waals surface area (Å²) in [6, 6.07) is 9.03. The highest BCUT2D eigenvalue weighted by atomic mass is 16.3. The van der Waals surface area contributed by atoms with Crippen LogP contribution in [0.2, 0.25) is 0 Å². The maximum Gasteiger partial charge on any atom is 0.0804 e. The molecule has 1 N–H and O–H groups in total. The molecule has 0 spiro atoms. The number of hydrogen-bond acceptors (Lipinski definition) is 2. The predicted octanol–water partition coefficient (Wildman–Crippen LogP) is 3.29. The van der Waals surface area contributed by atoms with Crippen molar-refractivity contribution in [3.63, 3.8) is 0 Å². The molecule has 0 radical (unpaired) electrons. The standard InChI is InChI=1S/C17H25NO/c1-13-4-2-3-5-16(13)17(19)10-11-18(15-8-9-15)12-14-6-7-14/h2-5,14-15,17,19H,6-12H2,1H3. The Morgan fingerprint density at radius 1 is 1.21 bits per heavy atom. The van der Waals surface area contributed by atoms with Crippen molar-refractivity contribution < 1.29 is 5.11 Å². The van der Waals surface area contributed by atoms with Crippen LogP contribution >= 0.6 is 0 Å². The zero-order valence-corrected chi connectivity index (χ0v) is 11.9. The Labute approximate surface area is 116 Å². The largest absolute Gasteiger partial charge is 0.388 e. The average Bonchev–Trinajstić information content (AvgIpc) is 3.27. The van der Waals surface area contributed by atoms with Gasteiger partial charge in [-0.25, -0.2) is 0 Å². The fourth-order valence-electron chi connectivity index (χ4n) is 2.90. The van der Waals surface area contributed by atoms with Crippen molar-refractivity contribution in [3.8, 4) is 0 Å². The molecule has 0 amide bonds. The lowest BCUT2D eigenvalue weighted by atomic mass is 10.0. The topological polar surface area (TPSA) is 23.5 Å². The maximum absolute atomic E-state index is 10.4. The molecule has 0 heterocycles. The van der Waals surface area contributed by atoms with E-state index in [0.717, 1.165) is 30.5 Å². The lowest BCUT2D eigenvalue weighted by Crippen LogP contribution is -2.30. The first-order chi connectivity index (χ1) is 9.24. The zero-order valence-electron chi connectivity index (χ0n) is 11.9. The molecular weight excluding hydrogens is 234 g/mol. The molecule has 104 valence electrons. The van der Waals surface area contributed by atoms with Gasteiger partial charge in [0, 0.05) is 19.1 Å². The molecule has 1 aromatic carbocycles. The smallest absolute Gasteiger partial charge is 0.0804 e. The molecule has 2 aliphatic rings. The molecule has 2 heteroatoms. The molecule has 2 saturated carbocycles. The highest BCUT2D eigenvalue weighted by Crippen LogP contribution is 2.35. The first kappa shape index (κ1) is 13.1. The summed E-state index contributed by atoms with van der Waals surface area (Å²) in [5.41, 5.74) is 2.31. The fraction of sp³-hybridized carbons (Fsp3) is 0.647. The average molecular weight is 259 g/mol. The van der Waals surface area contributed by atoms with Gasteiger partial charge in [-0.2, -0.15) is 0 Å². The summed E-state index contributed by atoms with van der Waals surface area (Å²) in [5, 5.41) is 10.4. The highest BCUT2D eigenvalue weighted by Gasteiger charge is 2.33. The van der Waals surface area contributed by atoms with Gasteiger partial charge in [-0.05, 0) is 56.1 Å². The van der Waals surface area contributed by atoms with Gasteiger partial charge < -0.3 is 10.0 Å². The number of rotatable bonds is 7. The molecule has 1 aromatic rings. The normalized spacial score (nSPS) is 20.8. The minimum Gasteiger partial charge on any atom is -0.388 e. The molecule has 0 aromatic heterocycles. The van der Waals surface area contributed by atoms with Crippen molar-refractivity contribution in [3.05, 3.63) is 35.4 Å². The Kier molecular flexibility index (Phi) is 3.90. The van der Waals surface area contributed by atoms with Crippen LogP contribution in [0.3, 0.4) is 0 Å².